The summed E-state index contributed by atoms with van der Waals surface area (Å²) < 4.78 is 4.57. The second kappa shape index (κ2) is 6.15. The molecular formula is C11H15N3O2S. The Balaban J connectivity index is 2.68. The van der Waals surface area contributed by atoms with Crippen LogP contribution in [0.3, 0.4) is 0 Å². The topological polar surface area (TPSA) is 68.5 Å². The maximum Gasteiger partial charge on any atom is 0.307 e. The molecule has 0 spiro atoms. The lowest BCUT2D eigenvalue weighted by atomic mass is 10.3. The molecule has 0 aliphatic heterocycles. The lowest BCUT2D eigenvalue weighted by Gasteiger charge is -2.17. The van der Waals surface area contributed by atoms with Gasteiger partial charge >= 0.3 is 5.97 Å². The van der Waals surface area contributed by atoms with E-state index in [0.29, 0.717) is 18.7 Å². The zero-order valence-electron chi connectivity index (χ0n) is 9.84. The standard InChI is InChI=1S/C11H15N3O2S/c1-14(7-6-10(15)16-2)9-5-3-4-8(13-9)11(12)17/h3-5H,6-7H2,1-2H3,(H2,12,17). The number of hydrogen-bond donors (Lipinski definition) is 1. The van der Waals surface area contributed by atoms with Crippen LogP contribution in [0.25, 0.3) is 0 Å². The number of nitrogens with two attached hydrogens (primary N) is 1. The molecule has 17 heavy (non-hydrogen) atoms. The molecular weight excluding hydrogens is 238 g/mol. The van der Waals surface area contributed by atoms with E-state index in [1.807, 2.05) is 24.1 Å². The van der Waals surface area contributed by atoms with Crippen LogP contribution in [0, 0.1) is 0 Å². The molecule has 0 unspecified atom stereocenters. The summed E-state index contributed by atoms with van der Waals surface area (Å²) in [6.45, 7) is 0.528. The van der Waals surface area contributed by atoms with Crippen molar-refractivity contribution in [1.82, 2.24) is 4.98 Å². The summed E-state index contributed by atoms with van der Waals surface area (Å²) in [5.74, 6) is 0.474. The van der Waals surface area contributed by atoms with Crippen molar-refractivity contribution in [3.63, 3.8) is 0 Å². The predicted molar refractivity (Wildman–Crippen MR) is 70.0 cm³/mol. The highest BCUT2D eigenvalue weighted by atomic mass is 32.1. The second-order valence-electron chi connectivity index (χ2n) is 3.49. The van der Waals surface area contributed by atoms with Gasteiger partial charge in [-0.1, -0.05) is 18.3 Å². The zero-order valence-corrected chi connectivity index (χ0v) is 10.7. The van der Waals surface area contributed by atoms with Gasteiger partial charge in [-0.25, -0.2) is 4.98 Å². The highest BCUT2D eigenvalue weighted by Gasteiger charge is 2.07. The van der Waals surface area contributed by atoms with Gasteiger partial charge < -0.3 is 15.4 Å². The Morgan fingerprint density at radius 1 is 1.59 bits per heavy atom. The number of thiocarbonyl (C=S) groups is 1. The third kappa shape index (κ3) is 3.99. The van der Waals surface area contributed by atoms with E-state index in [9.17, 15) is 4.79 Å². The molecule has 2 N–H and O–H groups in total. The maximum atomic E-state index is 11.0. The molecule has 1 rings (SSSR count). The van der Waals surface area contributed by atoms with E-state index in [1.54, 1.807) is 6.07 Å². The van der Waals surface area contributed by atoms with Crippen LogP contribution in [0.2, 0.25) is 0 Å². The second-order valence-corrected chi connectivity index (χ2v) is 3.93. The SMILES string of the molecule is COC(=O)CCN(C)c1cccc(C(N)=S)n1. The van der Waals surface area contributed by atoms with E-state index in [0.717, 1.165) is 5.82 Å². The lowest BCUT2D eigenvalue weighted by molar-refractivity contribution is -0.140. The lowest BCUT2D eigenvalue weighted by Crippen LogP contribution is -2.23. The molecule has 6 heteroatoms. The van der Waals surface area contributed by atoms with Gasteiger partial charge in [-0.2, -0.15) is 0 Å². The highest BCUT2D eigenvalue weighted by Crippen LogP contribution is 2.10. The molecule has 0 fully saturated rings. The van der Waals surface area contributed by atoms with Gasteiger partial charge in [0.15, 0.2) is 0 Å². The van der Waals surface area contributed by atoms with E-state index in [1.165, 1.54) is 7.11 Å². The molecule has 0 atom stereocenters. The average molecular weight is 253 g/mol. The molecule has 0 saturated heterocycles. The van der Waals surface area contributed by atoms with Gasteiger partial charge in [0.2, 0.25) is 0 Å². The van der Waals surface area contributed by atoms with Crippen LogP contribution in [-0.2, 0) is 9.53 Å². The van der Waals surface area contributed by atoms with E-state index < -0.39 is 0 Å². The molecule has 1 aromatic rings. The summed E-state index contributed by atoms with van der Waals surface area (Å²) in [5, 5.41) is 0. The van der Waals surface area contributed by atoms with Crippen LogP contribution in [-0.4, -0.2) is 36.6 Å². The Bertz CT molecular complexity index is 423. The van der Waals surface area contributed by atoms with E-state index in [2.05, 4.69) is 9.72 Å². The number of nitrogens with zero attached hydrogens (tertiary/aromatic N) is 2. The van der Waals surface area contributed by atoms with Gasteiger partial charge in [0.1, 0.15) is 10.8 Å². The fourth-order valence-corrected chi connectivity index (χ4v) is 1.36. The van der Waals surface area contributed by atoms with E-state index >= 15 is 0 Å². The number of aromatic nitrogens is 1. The summed E-state index contributed by atoms with van der Waals surface area (Å²) in [4.78, 5) is 17.4. The van der Waals surface area contributed by atoms with Gasteiger partial charge in [-0.05, 0) is 12.1 Å². The summed E-state index contributed by atoms with van der Waals surface area (Å²) in [6.07, 6.45) is 0.311. The van der Waals surface area contributed by atoms with Crippen LogP contribution in [0.15, 0.2) is 18.2 Å². The molecule has 0 aromatic carbocycles. The fourth-order valence-electron chi connectivity index (χ4n) is 1.25. The largest absolute Gasteiger partial charge is 0.469 e. The predicted octanol–water partition coefficient (Wildman–Crippen LogP) is 0.715. The quantitative estimate of drug-likeness (QED) is 0.616. The number of hydrogen-bond acceptors (Lipinski definition) is 5. The molecule has 0 aliphatic carbocycles. The zero-order chi connectivity index (χ0) is 12.8. The van der Waals surface area contributed by atoms with E-state index in [-0.39, 0.29) is 11.0 Å². The molecule has 0 bridgehead atoms. The van der Waals surface area contributed by atoms with Crippen molar-refractivity contribution in [2.75, 3.05) is 25.6 Å². The number of rotatable bonds is 5. The Labute approximate surface area is 106 Å². The maximum absolute atomic E-state index is 11.0. The first kappa shape index (κ1) is 13.4. The van der Waals surface area contributed by atoms with Crippen molar-refractivity contribution in [3.8, 4) is 0 Å². The molecule has 0 aliphatic rings. The molecule has 0 saturated carbocycles. The van der Waals surface area contributed by atoms with Crippen molar-refractivity contribution < 1.29 is 9.53 Å². The number of esters is 1. The van der Waals surface area contributed by atoms with Crippen molar-refractivity contribution >= 4 is 29.0 Å². The Kier molecular flexibility index (Phi) is 4.84. The number of carbonyl (C=O) groups is 1. The molecule has 1 heterocycles. The molecule has 5 nitrogen and oxygen atoms in total. The van der Waals surface area contributed by atoms with Crippen molar-refractivity contribution in [1.29, 1.82) is 0 Å². The average Bonchev–Trinajstić information content (AvgIpc) is 2.35. The van der Waals surface area contributed by atoms with Crippen LogP contribution in [0.4, 0.5) is 5.82 Å². The Morgan fingerprint density at radius 3 is 2.88 bits per heavy atom. The summed E-state index contributed by atoms with van der Waals surface area (Å²) in [6, 6.07) is 5.41. The first-order valence-electron chi connectivity index (χ1n) is 5.09. The summed E-state index contributed by atoms with van der Waals surface area (Å²) >= 11 is 4.86. The molecule has 0 radical (unpaired) electrons. The number of pyridine rings is 1. The monoisotopic (exact) mass is 253 g/mol. The summed E-state index contributed by atoms with van der Waals surface area (Å²) in [7, 11) is 3.21. The number of ether oxygens (including phenoxy) is 1. The number of methoxy groups -OCH3 is 1. The minimum absolute atomic E-state index is 0.248. The smallest absolute Gasteiger partial charge is 0.307 e. The molecule has 0 amide bonds. The van der Waals surface area contributed by atoms with Crippen LogP contribution < -0.4 is 10.6 Å². The third-order valence-corrected chi connectivity index (χ3v) is 2.47. The van der Waals surface area contributed by atoms with Crippen molar-refractivity contribution in [2.45, 2.75) is 6.42 Å². The first-order chi connectivity index (χ1) is 8.04. The minimum atomic E-state index is -0.248. The Hall–Kier alpha value is -1.69. The van der Waals surface area contributed by atoms with Crippen molar-refractivity contribution in [2.24, 2.45) is 5.73 Å². The van der Waals surface area contributed by atoms with Gasteiger partial charge in [0, 0.05) is 13.6 Å². The third-order valence-electron chi connectivity index (χ3n) is 2.26. The molecule has 92 valence electrons. The first-order valence-corrected chi connectivity index (χ1v) is 5.50. The minimum Gasteiger partial charge on any atom is -0.469 e. The van der Waals surface area contributed by atoms with Gasteiger partial charge in [0.25, 0.3) is 0 Å². The van der Waals surface area contributed by atoms with Gasteiger partial charge in [0.05, 0.1) is 19.2 Å². The summed E-state index contributed by atoms with van der Waals surface area (Å²) in [5.41, 5.74) is 6.07. The molecule has 1 aromatic heterocycles. The fraction of sp³-hybridized carbons (Fsp3) is 0.364. The number of carbonyl (C=O) groups excluding carboxylic acids is 1. The Morgan fingerprint density at radius 2 is 2.29 bits per heavy atom. The van der Waals surface area contributed by atoms with E-state index in [4.69, 9.17) is 18.0 Å². The van der Waals surface area contributed by atoms with Crippen LogP contribution >= 0.6 is 12.2 Å². The van der Waals surface area contributed by atoms with Gasteiger partial charge in [-0.15, -0.1) is 0 Å². The van der Waals surface area contributed by atoms with Gasteiger partial charge in [-0.3, -0.25) is 4.79 Å². The van der Waals surface area contributed by atoms with Crippen LogP contribution in [0.5, 0.6) is 0 Å². The highest BCUT2D eigenvalue weighted by molar-refractivity contribution is 7.80. The van der Waals surface area contributed by atoms with Crippen LogP contribution in [0.1, 0.15) is 12.1 Å². The number of anilines is 1. The normalized spacial score (nSPS) is 9.76. The van der Waals surface area contributed by atoms with Crippen molar-refractivity contribution in [3.05, 3.63) is 23.9 Å².